The van der Waals surface area contributed by atoms with E-state index in [1.54, 1.807) is 4.90 Å². The lowest BCUT2D eigenvalue weighted by molar-refractivity contribution is -0.165. The molecule has 2 rings (SSSR count). The normalized spacial score (nSPS) is 24.1. The van der Waals surface area contributed by atoms with Crippen LogP contribution in [0.5, 0.6) is 0 Å². The number of hydrogen-bond acceptors (Lipinski definition) is 6. The van der Waals surface area contributed by atoms with E-state index >= 15 is 0 Å². The highest BCUT2D eigenvalue weighted by atomic mass is 16.6. The quantitative estimate of drug-likeness (QED) is 0.693. The maximum absolute atomic E-state index is 12.9. The molecule has 0 saturated carbocycles. The second kappa shape index (κ2) is 8.17. The number of nitrogens with zero attached hydrogens (tertiary/aromatic N) is 2. The van der Waals surface area contributed by atoms with Crippen molar-refractivity contribution >= 4 is 17.8 Å². The zero-order valence-electron chi connectivity index (χ0n) is 17.5. The third kappa shape index (κ3) is 6.19. The number of likely N-dealkylation sites (tertiary alicyclic amines) is 2. The van der Waals surface area contributed by atoms with Gasteiger partial charge in [0, 0.05) is 6.54 Å². The van der Waals surface area contributed by atoms with Crippen LogP contribution in [0, 0.1) is 0 Å². The van der Waals surface area contributed by atoms with Gasteiger partial charge in [-0.05, 0) is 73.8 Å². The lowest BCUT2D eigenvalue weighted by Crippen LogP contribution is -2.49. The van der Waals surface area contributed by atoms with Crippen LogP contribution < -0.4 is 0 Å². The highest BCUT2D eigenvalue weighted by molar-refractivity contribution is 5.87. The Bertz CT molecular complexity index is 576. The van der Waals surface area contributed by atoms with Crippen molar-refractivity contribution in [2.45, 2.75) is 90.5 Å². The van der Waals surface area contributed by atoms with E-state index in [1.165, 1.54) is 0 Å². The maximum Gasteiger partial charge on any atom is 0.329 e. The Balaban J connectivity index is 1.98. The summed E-state index contributed by atoms with van der Waals surface area (Å²) >= 11 is 0. The van der Waals surface area contributed by atoms with Gasteiger partial charge in [-0.3, -0.25) is 14.5 Å². The van der Waals surface area contributed by atoms with Crippen LogP contribution in [0.1, 0.15) is 67.2 Å². The van der Waals surface area contributed by atoms with Crippen LogP contribution in [-0.4, -0.2) is 70.6 Å². The summed E-state index contributed by atoms with van der Waals surface area (Å²) in [5.41, 5.74) is -1.13. The van der Waals surface area contributed by atoms with Gasteiger partial charge in [0.1, 0.15) is 23.3 Å². The molecule has 2 heterocycles. The Hall–Kier alpha value is -1.63. The molecular weight excluding hydrogens is 348 g/mol. The number of esters is 2. The molecule has 27 heavy (non-hydrogen) atoms. The van der Waals surface area contributed by atoms with E-state index in [0.29, 0.717) is 25.9 Å². The van der Waals surface area contributed by atoms with Crippen LogP contribution >= 0.6 is 0 Å². The van der Waals surface area contributed by atoms with Gasteiger partial charge < -0.3 is 14.4 Å². The SMILES string of the molecule is CC(C)(C)OC(=O)C1CCCN1CC(=O)N1CCCC1C(=O)OC(C)(C)C. The van der Waals surface area contributed by atoms with Crippen LogP contribution in [-0.2, 0) is 23.9 Å². The summed E-state index contributed by atoms with van der Waals surface area (Å²) in [5, 5.41) is 0. The van der Waals surface area contributed by atoms with E-state index in [4.69, 9.17) is 9.47 Å². The van der Waals surface area contributed by atoms with Gasteiger partial charge in [-0.1, -0.05) is 0 Å². The van der Waals surface area contributed by atoms with Gasteiger partial charge in [0.15, 0.2) is 0 Å². The van der Waals surface area contributed by atoms with Crippen molar-refractivity contribution < 1.29 is 23.9 Å². The fourth-order valence-electron chi connectivity index (χ4n) is 3.60. The molecule has 0 aromatic heterocycles. The molecule has 7 heteroatoms. The summed E-state index contributed by atoms with van der Waals surface area (Å²) in [6.07, 6.45) is 2.95. The van der Waals surface area contributed by atoms with Gasteiger partial charge in [-0.2, -0.15) is 0 Å². The number of ether oxygens (including phenoxy) is 2. The fraction of sp³-hybridized carbons (Fsp3) is 0.850. The Kier molecular flexibility index (Phi) is 6.55. The lowest BCUT2D eigenvalue weighted by atomic mass is 10.1. The summed E-state index contributed by atoms with van der Waals surface area (Å²) in [4.78, 5) is 41.2. The van der Waals surface area contributed by atoms with Gasteiger partial charge in [-0.15, -0.1) is 0 Å². The molecule has 2 saturated heterocycles. The zero-order valence-corrected chi connectivity index (χ0v) is 17.5. The predicted octanol–water partition coefficient (Wildman–Crippen LogP) is 2.13. The van der Waals surface area contributed by atoms with Gasteiger partial charge in [-0.25, -0.2) is 4.79 Å². The van der Waals surface area contributed by atoms with E-state index < -0.39 is 23.3 Å². The van der Waals surface area contributed by atoms with Gasteiger partial charge >= 0.3 is 11.9 Å². The standard InChI is InChI=1S/C20H34N2O5/c1-19(2,3)26-17(24)14-9-7-11-21(14)13-16(23)22-12-8-10-15(22)18(25)27-20(4,5)6/h14-15H,7-13H2,1-6H3. The summed E-state index contributed by atoms with van der Waals surface area (Å²) in [6, 6.07) is -0.921. The Labute approximate surface area is 162 Å². The second-order valence-corrected chi connectivity index (χ2v) is 9.44. The fourth-order valence-corrected chi connectivity index (χ4v) is 3.60. The van der Waals surface area contributed by atoms with E-state index in [9.17, 15) is 14.4 Å². The molecule has 154 valence electrons. The molecule has 0 spiro atoms. The molecule has 0 aliphatic carbocycles. The molecule has 2 fully saturated rings. The third-order valence-electron chi connectivity index (χ3n) is 4.63. The molecule has 2 atom stereocenters. The molecule has 0 aromatic rings. The molecule has 0 bridgehead atoms. The minimum Gasteiger partial charge on any atom is -0.459 e. The van der Waals surface area contributed by atoms with E-state index in [-0.39, 0.29) is 24.4 Å². The molecular formula is C20H34N2O5. The van der Waals surface area contributed by atoms with Crippen molar-refractivity contribution in [1.82, 2.24) is 9.80 Å². The minimum absolute atomic E-state index is 0.126. The summed E-state index contributed by atoms with van der Waals surface area (Å²) in [6.45, 7) is 12.3. The van der Waals surface area contributed by atoms with Gasteiger partial charge in [0.25, 0.3) is 0 Å². The Morgan fingerprint density at radius 1 is 0.815 bits per heavy atom. The van der Waals surface area contributed by atoms with Crippen LogP contribution in [0.15, 0.2) is 0 Å². The molecule has 2 aliphatic rings. The molecule has 0 radical (unpaired) electrons. The first-order valence-electron chi connectivity index (χ1n) is 9.86. The average molecular weight is 383 g/mol. The largest absolute Gasteiger partial charge is 0.459 e. The second-order valence-electron chi connectivity index (χ2n) is 9.44. The van der Waals surface area contributed by atoms with Crippen molar-refractivity contribution in [2.24, 2.45) is 0 Å². The molecule has 2 aliphatic heterocycles. The Morgan fingerprint density at radius 3 is 1.85 bits per heavy atom. The smallest absolute Gasteiger partial charge is 0.329 e. The highest BCUT2D eigenvalue weighted by Crippen LogP contribution is 2.24. The number of rotatable bonds is 4. The van der Waals surface area contributed by atoms with Crippen LogP contribution in [0.4, 0.5) is 0 Å². The zero-order chi connectivity index (χ0) is 20.4. The summed E-state index contributed by atoms with van der Waals surface area (Å²) in [5.74, 6) is -0.754. The molecule has 7 nitrogen and oxygen atoms in total. The van der Waals surface area contributed by atoms with Crippen LogP contribution in [0.2, 0.25) is 0 Å². The lowest BCUT2D eigenvalue weighted by Gasteiger charge is -2.30. The molecule has 2 unspecified atom stereocenters. The van der Waals surface area contributed by atoms with E-state index in [1.807, 2.05) is 46.4 Å². The monoisotopic (exact) mass is 382 g/mol. The summed E-state index contributed by atoms with van der Waals surface area (Å²) in [7, 11) is 0. The number of carbonyl (C=O) groups is 3. The van der Waals surface area contributed by atoms with Crippen LogP contribution in [0.3, 0.4) is 0 Å². The van der Waals surface area contributed by atoms with Crippen molar-refractivity contribution in [3.8, 4) is 0 Å². The number of hydrogen-bond donors (Lipinski definition) is 0. The van der Waals surface area contributed by atoms with E-state index in [2.05, 4.69) is 0 Å². The van der Waals surface area contributed by atoms with Crippen molar-refractivity contribution in [3.63, 3.8) is 0 Å². The Morgan fingerprint density at radius 2 is 1.30 bits per heavy atom. The number of carbonyl (C=O) groups excluding carboxylic acids is 3. The van der Waals surface area contributed by atoms with Crippen molar-refractivity contribution in [1.29, 1.82) is 0 Å². The molecule has 0 N–H and O–H groups in total. The summed E-state index contributed by atoms with van der Waals surface area (Å²) < 4.78 is 11.0. The van der Waals surface area contributed by atoms with Gasteiger partial charge in [0.05, 0.1) is 6.54 Å². The maximum atomic E-state index is 12.9. The predicted molar refractivity (Wildman–Crippen MR) is 101 cm³/mol. The average Bonchev–Trinajstić information content (AvgIpc) is 3.12. The number of amides is 1. The van der Waals surface area contributed by atoms with Crippen molar-refractivity contribution in [3.05, 3.63) is 0 Å². The van der Waals surface area contributed by atoms with E-state index in [0.717, 1.165) is 12.8 Å². The third-order valence-corrected chi connectivity index (χ3v) is 4.63. The van der Waals surface area contributed by atoms with Gasteiger partial charge in [0.2, 0.25) is 5.91 Å². The molecule has 1 amide bonds. The topological polar surface area (TPSA) is 76.2 Å². The minimum atomic E-state index is -0.578. The first-order valence-corrected chi connectivity index (χ1v) is 9.86. The molecule has 0 aromatic carbocycles. The van der Waals surface area contributed by atoms with Crippen molar-refractivity contribution in [2.75, 3.05) is 19.6 Å². The first-order chi connectivity index (χ1) is 12.4. The van der Waals surface area contributed by atoms with Crippen LogP contribution in [0.25, 0.3) is 0 Å². The first kappa shape index (κ1) is 21.7. The highest BCUT2D eigenvalue weighted by Gasteiger charge is 2.40.